The summed E-state index contributed by atoms with van der Waals surface area (Å²) in [7, 11) is -0.981. The average molecular weight is 410 g/mol. The molecule has 1 amide bonds. The molecule has 3 aromatic rings. The molecule has 2 aromatic carbocycles. The monoisotopic (exact) mass is 409 g/mol. The van der Waals surface area contributed by atoms with Crippen LogP contribution in [0.25, 0.3) is 5.69 Å². The van der Waals surface area contributed by atoms with Crippen molar-refractivity contribution in [2.75, 3.05) is 11.9 Å². The van der Waals surface area contributed by atoms with Gasteiger partial charge in [0.15, 0.2) is 0 Å². The van der Waals surface area contributed by atoms with Gasteiger partial charge in [0.2, 0.25) is 0 Å². The Morgan fingerprint density at radius 2 is 1.93 bits per heavy atom. The van der Waals surface area contributed by atoms with E-state index in [-0.39, 0.29) is 5.91 Å². The van der Waals surface area contributed by atoms with Gasteiger partial charge in [0.25, 0.3) is 5.91 Å². The lowest BCUT2D eigenvalue weighted by atomic mass is 10.1. The highest BCUT2D eigenvalue weighted by Crippen LogP contribution is 2.32. The Kier molecular flexibility index (Phi) is 5.24. The molecular weight excluding hydrogens is 386 g/mol. The van der Waals surface area contributed by atoms with E-state index >= 15 is 0 Å². The highest BCUT2D eigenvalue weighted by atomic mass is 32.2. The maximum Gasteiger partial charge on any atom is 0.256 e. The van der Waals surface area contributed by atoms with E-state index in [4.69, 9.17) is 4.74 Å². The molecule has 0 radical (unpaired) electrons. The van der Waals surface area contributed by atoms with Gasteiger partial charge in [0.1, 0.15) is 11.6 Å². The first-order valence-electron chi connectivity index (χ1n) is 9.54. The SMILES string of the molecule is CCOc1ccc(C(=O)Nc2c3c(nn2-c2ccc(C)cc2C)CS(=O)C3)cc1. The lowest BCUT2D eigenvalue weighted by Crippen LogP contribution is -2.17. The van der Waals surface area contributed by atoms with Crippen LogP contribution in [0.2, 0.25) is 0 Å². The number of amides is 1. The van der Waals surface area contributed by atoms with Crippen molar-refractivity contribution in [1.29, 1.82) is 0 Å². The second-order valence-electron chi connectivity index (χ2n) is 7.12. The predicted octanol–water partition coefficient (Wildman–Crippen LogP) is 3.90. The van der Waals surface area contributed by atoms with Gasteiger partial charge in [-0.25, -0.2) is 4.68 Å². The van der Waals surface area contributed by atoms with Crippen LogP contribution in [-0.4, -0.2) is 26.5 Å². The molecule has 29 heavy (non-hydrogen) atoms. The lowest BCUT2D eigenvalue weighted by Gasteiger charge is -2.13. The zero-order valence-corrected chi connectivity index (χ0v) is 17.5. The summed E-state index contributed by atoms with van der Waals surface area (Å²) in [6.07, 6.45) is 0. The van der Waals surface area contributed by atoms with E-state index < -0.39 is 10.8 Å². The molecule has 2 heterocycles. The number of rotatable bonds is 5. The molecule has 1 aromatic heterocycles. The minimum atomic E-state index is -0.981. The first-order chi connectivity index (χ1) is 14.0. The summed E-state index contributed by atoms with van der Waals surface area (Å²) in [5.74, 6) is 1.90. The van der Waals surface area contributed by atoms with Crippen molar-refractivity contribution in [1.82, 2.24) is 9.78 Å². The third kappa shape index (κ3) is 3.82. The highest BCUT2D eigenvalue weighted by molar-refractivity contribution is 7.83. The molecule has 4 rings (SSSR count). The largest absolute Gasteiger partial charge is 0.494 e. The Bertz CT molecular complexity index is 1100. The Balaban J connectivity index is 1.70. The quantitative estimate of drug-likeness (QED) is 0.694. The molecule has 150 valence electrons. The fourth-order valence-electron chi connectivity index (χ4n) is 3.52. The van der Waals surface area contributed by atoms with Gasteiger partial charge < -0.3 is 10.1 Å². The zero-order valence-electron chi connectivity index (χ0n) is 16.7. The number of hydrogen-bond acceptors (Lipinski definition) is 4. The second-order valence-corrected chi connectivity index (χ2v) is 8.57. The van der Waals surface area contributed by atoms with E-state index in [2.05, 4.69) is 16.5 Å². The molecule has 0 fully saturated rings. The van der Waals surface area contributed by atoms with Crippen LogP contribution in [0.1, 0.15) is 39.7 Å². The lowest BCUT2D eigenvalue weighted by molar-refractivity contribution is 0.102. The van der Waals surface area contributed by atoms with Crippen molar-refractivity contribution < 1.29 is 13.7 Å². The van der Waals surface area contributed by atoms with E-state index in [9.17, 15) is 9.00 Å². The van der Waals surface area contributed by atoms with Crippen LogP contribution in [0.5, 0.6) is 5.75 Å². The van der Waals surface area contributed by atoms with Gasteiger partial charge in [-0.15, -0.1) is 0 Å². The topological polar surface area (TPSA) is 73.2 Å². The molecule has 0 saturated heterocycles. The molecule has 0 spiro atoms. The van der Waals surface area contributed by atoms with Gasteiger partial charge in [-0.2, -0.15) is 5.10 Å². The summed E-state index contributed by atoms with van der Waals surface area (Å²) >= 11 is 0. The van der Waals surface area contributed by atoms with Crippen molar-refractivity contribution >= 4 is 22.5 Å². The number of ether oxygens (including phenoxy) is 1. The Morgan fingerprint density at radius 3 is 2.62 bits per heavy atom. The zero-order chi connectivity index (χ0) is 20.5. The summed E-state index contributed by atoms with van der Waals surface area (Å²) in [6, 6.07) is 13.1. The third-order valence-electron chi connectivity index (χ3n) is 4.91. The van der Waals surface area contributed by atoms with Crippen LogP contribution >= 0.6 is 0 Å². The molecule has 1 aliphatic heterocycles. The van der Waals surface area contributed by atoms with Gasteiger partial charge in [-0.3, -0.25) is 9.00 Å². The van der Waals surface area contributed by atoms with Gasteiger partial charge in [0, 0.05) is 21.9 Å². The molecule has 7 heteroatoms. The van der Waals surface area contributed by atoms with Crippen molar-refractivity contribution in [2.45, 2.75) is 32.3 Å². The first kappa shape index (κ1) is 19.4. The number of aryl methyl sites for hydroxylation is 2. The molecular formula is C22H23N3O3S. The van der Waals surface area contributed by atoms with Crippen LogP contribution in [0.3, 0.4) is 0 Å². The number of carbonyl (C=O) groups excluding carboxylic acids is 1. The van der Waals surface area contributed by atoms with Crippen molar-refractivity contribution in [2.24, 2.45) is 0 Å². The van der Waals surface area contributed by atoms with Crippen LogP contribution in [0.15, 0.2) is 42.5 Å². The maximum absolute atomic E-state index is 12.9. The summed E-state index contributed by atoms with van der Waals surface area (Å²) in [5.41, 5.74) is 5.27. The molecule has 1 N–H and O–H groups in total. The highest BCUT2D eigenvalue weighted by Gasteiger charge is 2.29. The van der Waals surface area contributed by atoms with Crippen LogP contribution in [0.4, 0.5) is 5.82 Å². The van der Waals surface area contributed by atoms with E-state index in [1.807, 2.05) is 32.9 Å². The Hall–Kier alpha value is -2.93. The normalized spacial score (nSPS) is 15.2. The summed E-state index contributed by atoms with van der Waals surface area (Å²) in [5, 5.41) is 7.68. The van der Waals surface area contributed by atoms with Crippen molar-refractivity contribution in [3.63, 3.8) is 0 Å². The van der Waals surface area contributed by atoms with E-state index in [0.29, 0.717) is 29.5 Å². The van der Waals surface area contributed by atoms with Crippen molar-refractivity contribution in [3.8, 4) is 11.4 Å². The van der Waals surface area contributed by atoms with Gasteiger partial charge in [-0.1, -0.05) is 17.7 Å². The number of anilines is 1. The fraction of sp³-hybridized carbons (Fsp3) is 0.273. The van der Waals surface area contributed by atoms with Crippen molar-refractivity contribution in [3.05, 3.63) is 70.4 Å². The predicted molar refractivity (Wildman–Crippen MR) is 114 cm³/mol. The number of hydrogen-bond donors (Lipinski definition) is 1. The molecule has 1 aliphatic rings. The Labute approximate surface area is 172 Å². The minimum absolute atomic E-state index is 0.237. The fourth-order valence-corrected chi connectivity index (χ4v) is 4.79. The molecule has 6 nitrogen and oxygen atoms in total. The summed E-state index contributed by atoms with van der Waals surface area (Å²) in [4.78, 5) is 12.9. The maximum atomic E-state index is 12.9. The standard InChI is InChI=1S/C22H23N3O3S/c1-4-28-17-8-6-16(7-9-17)22(26)23-21-18-12-29(27)13-19(18)24-25(21)20-10-5-14(2)11-15(20)3/h5-11H,4,12-13H2,1-3H3,(H,23,26). The number of nitrogens with zero attached hydrogens (tertiary/aromatic N) is 2. The van der Waals surface area contributed by atoms with E-state index in [0.717, 1.165) is 33.8 Å². The second kappa shape index (κ2) is 7.83. The first-order valence-corrected chi connectivity index (χ1v) is 11.0. The molecule has 0 aliphatic carbocycles. The number of fused-ring (bicyclic) bond motifs is 1. The molecule has 1 unspecified atom stereocenters. The molecule has 0 bridgehead atoms. The van der Waals surface area contributed by atoms with Gasteiger partial charge >= 0.3 is 0 Å². The molecule has 1 atom stereocenters. The smallest absolute Gasteiger partial charge is 0.256 e. The van der Waals surface area contributed by atoms with Crippen LogP contribution < -0.4 is 10.1 Å². The number of carbonyl (C=O) groups is 1. The summed E-state index contributed by atoms with van der Waals surface area (Å²) in [6.45, 7) is 6.55. The Morgan fingerprint density at radius 1 is 1.17 bits per heavy atom. The van der Waals surface area contributed by atoms with Gasteiger partial charge in [-0.05, 0) is 56.7 Å². The molecule has 0 saturated carbocycles. The van der Waals surface area contributed by atoms with Crippen LogP contribution in [0, 0.1) is 13.8 Å². The van der Waals surface area contributed by atoms with E-state index in [1.165, 1.54) is 0 Å². The minimum Gasteiger partial charge on any atom is -0.494 e. The summed E-state index contributed by atoms with van der Waals surface area (Å²) < 4.78 is 19.3. The third-order valence-corrected chi connectivity index (χ3v) is 6.12. The number of benzene rings is 2. The van der Waals surface area contributed by atoms with E-state index in [1.54, 1.807) is 28.9 Å². The van der Waals surface area contributed by atoms with Gasteiger partial charge in [0.05, 0.1) is 29.5 Å². The van der Waals surface area contributed by atoms with Crippen LogP contribution in [-0.2, 0) is 22.3 Å². The number of nitrogens with one attached hydrogen (secondary N) is 1. The average Bonchev–Trinajstić information content (AvgIpc) is 3.19. The number of aromatic nitrogens is 2.